The molecule has 2 aromatic rings. The van der Waals surface area contributed by atoms with Crippen molar-refractivity contribution >= 4 is 40.7 Å². The molecule has 1 N–H and O–H groups in total. The molecule has 1 aliphatic rings. The number of amides is 2. The summed E-state index contributed by atoms with van der Waals surface area (Å²) in [5, 5.41) is 3.93. The molecule has 3 rings (SSSR count). The molecule has 0 atom stereocenters. The number of halogens is 2. The van der Waals surface area contributed by atoms with E-state index in [4.69, 9.17) is 23.2 Å². The summed E-state index contributed by atoms with van der Waals surface area (Å²) in [5.41, 5.74) is 2.97. The molecule has 25 heavy (non-hydrogen) atoms. The fourth-order valence-electron chi connectivity index (χ4n) is 2.95. The third kappa shape index (κ3) is 4.33. The normalized spacial score (nSPS) is 12.8. The molecule has 0 saturated heterocycles. The third-order valence-electron chi connectivity index (χ3n) is 4.23. The Bertz CT molecular complexity index is 808. The summed E-state index contributed by atoms with van der Waals surface area (Å²) < 4.78 is 0. The average Bonchev–Trinajstić information content (AvgIpc) is 3.01. The van der Waals surface area contributed by atoms with Crippen molar-refractivity contribution in [3.8, 4) is 0 Å². The van der Waals surface area contributed by atoms with Crippen LogP contribution in [0.5, 0.6) is 0 Å². The summed E-state index contributed by atoms with van der Waals surface area (Å²) >= 11 is 12.0. The number of fused-ring (bicyclic) bond motifs is 1. The number of nitrogens with one attached hydrogen (secondary N) is 1. The molecular formula is C19H18Cl2N2O2. The summed E-state index contributed by atoms with van der Waals surface area (Å²) in [6.45, 7) is 1.05. The van der Waals surface area contributed by atoms with E-state index in [0.717, 1.165) is 23.2 Å². The second-order valence-electron chi connectivity index (χ2n) is 5.94. The van der Waals surface area contributed by atoms with Crippen LogP contribution in [0.2, 0.25) is 10.0 Å². The molecule has 0 fully saturated rings. The Balaban J connectivity index is 1.49. The fourth-order valence-corrected chi connectivity index (χ4v) is 3.46. The summed E-state index contributed by atoms with van der Waals surface area (Å²) in [4.78, 5) is 26.1. The minimum Gasteiger partial charge on any atom is -0.355 e. The van der Waals surface area contributed by atoms with Gasteiger partial charge in [0.1, 0.15) is 6.42 Å². The van der Waals surface area contributed by atoms with E-state index in [1.807, 2.05) is 30.3 Å². The minimum absolute atomic E-state index is 0.150. The molecule has 0 spiro atoms. The number of para-hydroxylation sites is 1. The van der Waals surface area contributed by atoms with Crippen molar-refractivity contribution in [2.75, 3.05) is 18.0 Å². The molecule has 0 unspecified atom stereocenters. The van der Waals surface area contributed by atoms with E-state index in [0.29, 0.717) is 29.6 Å². The summed E-state index contributed by atoms with van der Waals surface area (Å²) in [7, 11) is 0. The van der Waals surface area contributed by atoms with E-state index < -0.39 is 0 Å². The molecule has 0 aromatic heterocycles. The molecule has 6 heteroatoms. The van der Waals surface area contributed by atoms with Crippen molar-refractivity contribution in [2.45, 2.75) is 19.3 Å². The van der Waals surface area contributed by atoms with Crippen molar-refractivity contribution in [1.29, 1.82) is 0 Å². The van der Waals surface area contributed by atoms with E-state index in [2.05, 4.69) is 5.32 Å². The van der Waals surface area contributed by atoms with Crippen LogP contribution in [0.1, 0.15) is 17.5 Å². The van der Waals surface area contributed by atoms with Gasteiger partial charge in [0.2, 0.25) is 11.8 Å². The lowest BCUT2D eigenvalue weighted by Crippen LogP contribution is -2.35. The molecule has 1 heterocycles. The van der Waals surface area contributed by atoms with Gasteiger partial charge in [-0.25, -0.2) is 0 Å². The number of anilines is 1. The Morgan fingerprint density at radius 1 is 1.12 bits per heavy atom. The molecule has 0 radical (unpaired) electrons. The SMILES string of the molecule is O=C(CC(=O)N1CCc2ccccc21)NCCc1ccc(Cl)cc1Cl. The predicted octanol–water partition coefficient (Wildman–Crippen LogP) is 3.63. The number of nitrogens with zero attached hydrogens (tertiary/aromatic N) is 1. The quantitative estimate of drug-likeness (QED) is 0.809. The number of carbonyl (C=O) groups excluding carboxylic acids is 2. The first-order chi connectivity index (χ1) is 12.0. The Kier molecular flexibility index (Phi) is 5.61. The summed E-state index contributed by atoms with van der Waals surface area (Å²) in [6.07, 6.45) is 1.27. The smallest absolute Gasteiger partial charge is 0.236 e. The van der Waals surface area contributed by atoms with Gasteiger partial charge in [0, 0.05) is 28.8 Å². The number of hydrogen-bond acceptors (Lipinski definition) is 2. The topological polar surface area (TPSA) is 49.4 Å². The van der Waals surface area contributed by atoms with Gasteiger partial charge in [0.25, 0.3) is 0 Å². The van der Waals surface area contributed by atoms with Crippen LogP contribution in [0.4, 0.5) is 5.69 Å². The zero-order chi connectivity index (χ0) is 17.8. The van der Waals surface area contributed by atoms with E-state index in [9.17, 15) is 9.59 Å². The van der Waals surface area contributed by atoms with E-state index in [1.54, 1.807) is 17.0 Å². The van der Waals surface area contributed by atoms with Crippen LogP contribution in [-0.4, -0.2) is 24.9 Å². The lowest BCUT2D eigenvalue weighted by Gasteiger charge is -2.17. The standard InChI is InChI=1S/C19H18Cl2N2O2/c20-15-6-5-13(16(21)11-15)7-9-22-18(24)12-19(25)23-10-8-14-3-1-2-4-17(14)23/h1-6,11H,7-10,12H2,(H,22,24). The Hall–Kier alpha value is -2.04. The zero-order valence-corrected chi connectivity index (χ0v) is 15.1. The predicted molar refractivity (Wildman–Crippen MR) is 100 cm³/mol. The molecule has 0 bridgehead atoms. The van der Waals surface area contributed by atoms with Crippen LogP contribution < -0.4 is 10.2 Å². The second kappa shape index (κ2) is 7.89. The molecule has 130 valence electrons. The number of carbonyl (C=O) groups is 2. The second-order valence-corrected chi connectivity index (χ2v) is 6.78. The zero-order valence-electron chi connectivity index (χ0n) is 13.6. The molecule has 0 aliphatic carbocycles. The first-order valence-electron chi connectivity index (χ1n) is 8.13. The van der Waals surface area contributed by atoms with Gasteiger partial charge in [0.15, 0.2) is 0 Å². The van der Waals surface area contributed by atoms with E-state index in [-0.39, 0.29) is 18.2 Å². The van der Waals surface area contributed by atoms with Gasteiger partial charge in [-0.3, -0.25) is 9.59 Å². The van der Waals surface area contributed by atoms with Gasteiger partial charge in [0.05, 0.1) is 0 Å². The molecule has 2 amide bonds. The van der Waals surface area contributed by atoms with E-state index >= 15 is 0 Å². The van der Waals surface area contributed by atoms with Crippen molar-refractivity contribution < 1.29 is 9.59 Å². The van der Waals surface area contributed by atoms with Gasteiger partial charge in [-0.2, -0.15) is 0 Å². The van der Waals surface area contributed by atoms with Crippen LogP contribution >= 0.6 is 23.2 Å². The highest BCUT2D eigenvalue weighted by atomic mass is 35.5. The highest BCUT2D eigenvalue weighted by molar-refractivity contribution is 6.35. The van der Waals surface area contributed by atoms with E-state index in [1.165, 1.54) is 0 Å². The minimum atomic E-state index is -0.278. The van der Waals surface area contributed by atoms with Gasteiger partial charge in [-0.05, 0) is 42.2 Å². The summed E-state index contributed by atoms with van der Waals surface area (Å²) in [5.74, 6) is -0.452. The van der Waals surface area contributed by atoms with Crippen LogP contribution in [0, 0.1) is 0 Å². The lowest BCUT2D eigenvalue weighted by molar-refractivity contribution is -0.127. The van der Waals surface area contributed by atoms with Crippen LogP contribution in [0.25, 0.3) is 0 Å². The first kappa shape index (κ1) is 17.8. The molecule has 2 aromatic carbocycles. The Labute approximate surface area is 156 Å². The Morgan fingerprint density at radius 2 is 1.92 bits per heavy atom. The van der Waals surface area contributed by atoms with Crippen molar-refractivity contribution in [2.24, 2.45) is 0 Å². The van der Waals surface area contributed by atoms with Crippen LogP contribution in [-0.2, 0) is 22.4 Å². The largest absolute Gasteiger partial charge is 0.355 e. The third-order valence-corrected chi connectivity index (χ3v) is 4.82. The fraction of sp³-hybridized carbons (Fsp3) is 0.263. The maximum Gasteiger partial charge on any atom is 0.236 e. The van der Waals surface area contributed by atoms with Gasteiger partial charge in [-0.15, -0.1) is 0 Å². The maximum atomic E-state index is 12.4. The number of hydrogen-bond donors (Lipinski definition) is 1. The number of rotatable bonds is 5. The van der Waals surface area contributed by atoms with Gasteiger partial charge < -0.3 is 10.2 Å². The highest BCUT2D eigenvalue weighted by Crippen LogP contribution is 2.27. The van der Waals surface area contributed by atoms with Crippen LogP contribution in [0.15, 0.2) is 42.5 Å². The van der Waals surface area contributed by atoms with Crippen LogP contribution in [0.3, 0.4) is 0 Å². The monoisotopic (exact) mass is 376 g/mol. The highest BCUT2D eigenvalue weighted by Gasteiger charge is 2.25. The maximum absolute atomic E-state index is 12.4. The average molecular weight is 377 g/mol. The lowest BCUT2D eigenvalue weighted by atomic mass is 10.1. The van der Waals surface area contributed by atoms with Gasteiger partial charge in [-0.1, -0.05) is 47.5 Å². The molecule has 4 nitrogen and oxygen atoms in total. The molecule has 1 aliphatic heterocycles. The first-order valence-corrected chi connectivity index (χ1v) is 8.89. The molecule has 0 saturated carbocycles. The van der Waals surface area contributed by atoms with Gasteiger partial charge >= 0.3 is 0 Å². The van der Waals surface area contributed by atoms with Crippen molar-refractivity contribution in [3.63, 3.8) is 0 Å². The summed E-state index contributed by atoms with van der Waals surface area (Å²) in [6, 6.07) is 13.1. The number of benzene rings is 2. The molecular weight excluding hydrogens is 359 g/mol. The van der Waals surface area contributed by atoms with Crippen molar-refractivity contribution in [1.82, 2.24) is 5.32 Å². The Morgan fingerprint density at radius 3 is 2.72 bits per heavy atom. The van der Waals surface area contributed by atoms with Crippen molar-refractivity contribution in [3.05, 3.63) is 63.6 Å².